The lowest BCUT2D eigenvalue weighted by molar-refractivity contribution is 0.271. The largest absolute Gasteiger partial charge is 0.394 e. The number of nitrogens with one attached hydrogen (secondary N) is 2. The van der Waals surface area contributed by atoms with Crippen LogP contribution in [0.4, 0.5) is 17.5 Å². The Morgan fingerprint density at radius 1 is 1.33 bits per heavy atom. The summed E-state index contributed by atoms with van der Waals surface area (Å²) in [6.45, 7) is 1.93. The van der Waals surface area contributed by atoms with E-state index in [0.29, 0.717) is 21.9 Å². The first-order valence-corrected chi connectivity index (χ1v) is 9.33. The topological polar surface area (TPSA) is 143 Å². The van der Waals surface area contributed by atoms with Crippen LogP contribution in [-0.4, -0.2) is 41.1 Å². The van der Waals surface area contributed by atoms with Crippen LogP contribution in [0.15, 0.2) is 34.0 Å². The number of primary sulfonamides is 1. The van der Waals surface area contributed by atoms with Crippen molar-refractivity contribution < 1.29 is 13.5 Å². The summed E-state index contributed by atoms with van der Waals surface area (Å²) < 4.78 is 23.0. The number of aliphatic hydroxyl groups excluding tert-OH is 1. The molecule has 9 nitrogen and oxygen atoms in total. The first-order valence-electron chi connectivity index (χ1n) is 6.99. The molecule has 2 aromatic rings. The molecule has 2 rings (SSSR count). The van der Waals surface area contributed by atoms with Gasteiger partial charge in [-0.1, -0.05) is 6.92 Å². The Bertz CT molecular complexity index is 796. The van der Waals surface area contributed by atoms with Crippen LogP contribution in [0.1, 0.15) is 13.3 Å². The van der Waals surface area contributed by atoms with Crippen molar-refractivity contribution in [3.63, 3.8) is 0 Å². The van der Waals surface area contributed by atoms with Crippen LogP contribution >= 0.6 is 15.9 Å². The molecular weight excluding hydrogens is 400 g/mol. The Morgan fingerprint density at radius 2 is 2.08 bits per heavy atom. The summed E-state index contributed by atoms with van der Waals surface area (Å²) in [5.74, 6) is 0.821. The molecule has 2 heterocycles. The second-order valence-corrected chi connectivity index (χ2v) is 7.24. The second-order valence-electron chi connectivity index (χ2n) is 4.88. The average Bonchev–Trinajstić information content (AvgIpc) is 2.55. The maximum atomic E-state index is 11.2. The number of pyridine rings is 1. The number of nitrogens with zero attached hydrogens (tertiary/aromatic N) is 3. The summed E-state index contributed by atoms with van der Waals surface area (Å²) in [6, 6.07) is 2.67. The van der Waals surface area contributed by atoms with E-state index in [1.165, 1.54) is 18.3 Å². The molecule has 0 aromatic carbocycles. The van der Waals surface area contributed by atoms with Gasteiger partial charge in [0.1, 0.15) is 5.82 Å². The molecule has 5 N–H and O–H groups in total. The zero-order chi connectivity index (χ0) is 17.7. The SMILES string of the molecule is CC[C@H](CO)Nc1nc(Nc2ccc(S(N)(=O)=O)nc2)ncc1Br. The first kappa shape index (κ1) is 18.5. The van der Waals surface area contributed by atoms with Crippen LogP contribution < -0.4 is 15.8 Å². The van der Waals surface area contributed by atoms with Crippen molar-refractivity contribution >= 4 is 43.4 Å². The highest BCUT2D eigenvalue weighted by molar-refractivity contribution is 9.10. The molecule has 0 bridgehead atoms. The van der Waals surface area contributed by atoms with Gasteiger partial charge in [-0.2, -0.15) is 4.98 Å². The van der Waals surface area contributed by atoms with Crippen LogP contribution in [0, 0.1) is 0 Å². The number of hydrogen-bond acceptors (Lipinski definition) is 8. The van der Waals surface area contributed by atoms with Gasteiger partial charge in [0.25, 0.3) is 10.0 Å². The van der Waals surface area contributed by atoms with Crippen molar-refractivity contribution in [1.82, 2.24) is 15.0 Å². The van der Waals surface area contributed by atoms with E-state index < -0.39 is 10.0 Å². The zero-order valence-electron chi connectivity index (χ0n) is 12.8. The Balaban J connectivity index is 2.18. The van der Waals surface area contributed by atoms with Gasteiger partial charge in [0.05, 0.1) is 29.0 Å². The molecule has 0 spiro atoms. The number of hydrogen-bond donors (Lipinski definition) is 4. The molecule has 130 valence electrons. The number of aromatic nitrogens is 3. The number of sulfonamides is 1. The summed E-state index contributed by atoms with van der Waals surface area (Å²) >= 11 is 3.34. The fourth-order valence-corrected chi connectivity index (χ4v) is 2.51. The van der Waals surface area contributed by atoms with Gasteiger partial charge in [-0.15, -0.1) is 0 Å². The highest BCUT2D eigenvalue weighted by Gasteiger charge is 2.12. The zero-order valence-corrected chi connectivity index (χ0v) is 15.2. The van der Waals surface area contributed by atoms with Gasteiger partial charge in [-0.3, -0.25) is 0 Å². The van der Waals surface area contributed by atoms with Crippen molar-refractivity contribution in [1.29, 1.82) is 0 Å². The van der Waals surface area contributed by atoms with Crippen LogP contribution in [0.2, 0.25) is 0 Å². The molecule has 0 aliphatic carbocycles. The average molecular weight is 417 g/mol. The van der Waals surface area contributed by atoms with E-state index in [9.17, 15) is 13.5 Å². The number of rotatable bonds is 7. The Labute approximate surface area is 147 Å². The Hall–Kier alpha value is -1.82. The van der Waals surface area contributed by atoms with E-state index in [1.807, 2.05) is 6.92 Å². The summed E-state index contributed by atoms with van der Waals surface area (Å²) in [5.41, 5.74) is 0.505. The molecule has 0 unspecified atom stereocenters. The van der Waals surface area contributed by atoms with Gasteiger partial charge in [0.15, 0.2) is 5.03 Å². The first-order chi connectivity index (χ1) is 11.3. The third kappa shape index (κ3) is 4.84. The van der Waals surface area contributed by atoms with Crippen LogP contribution in [0.3, 0.4) is 0 Å². The van der Waals surface area contributed by atoms with Crippen molar-refractivity contribution in [2.75, 3.05) is 17.2 Å². The lowest BCUT2D eigenvalue weighted by Crippen LogP contribution is -2.23. The molecule has 0 saturated carbocycles. The third-order valence-corrected chi connectivity index (χ3v) is 4.49. The molecule has 1 atom stereocenters. The fourth-order valence-electron chi connectivity index (χ4n) is 1.75. The maximum Gasteiger partial charge on any atom is 0.255 e. The van der Waals surface area contributed by atoms with Gasteiger partial charge < -0.3 is 15.7 Å². The fraction of sp³-hybridized carbons (Fsp3) is 0.308. The summed E-state index contributed by atoms with van der Waals surface area (Å²) in [5, 5.41) is 20.1. The van der Waals surface area contributed by atoms with Gasteiger partial charge in [0, 0.05) is 6.20 Å². The number of aliphatic hydroxyl groups is 1. The van der Waals surface area contributed by atoms with E-state index in [4.69, 9.17) is 5.14 Å². The van der Waals surface area contributed by atoms with Crippen molar-refractivity contribution in [2.24, 2.45) is 5.14 Å². The lowest BCUT2D eigenvalue weighted by atomic mass is 10.2. The smallest absolute Gasteiger partial charge is 0.255 e. The van der Waals surface area contributed by atoms with E-state index in [2.05, 4.69) is 41.5 Å². The standard InChI is InChI=1S/C13H17BrN6O3S/c1-2-8(7-21)18-12-10(14)6-17-13(20-12)19-9-3-4-11(16-5-9)24(15,22)23/h3-6,8,21H,2,7H2,1H3,(H2,15,22,23)(H2,17,18,19,20)/t8-/m1/s1. The Kier molecular flexibility index (Phi) is 6.04. The molecule has 0 saturated heterocycles. The van der Waals surface area contributed by atoms with Crippen LogP contribution in [0.25, 0.3) is 0 Å². The molecule has 0 aliphatic rings. The van der Waals surface area contributed by atoms with Crippen molar-refractivity contribution in [3.8, 4) is 0 Å². The second kappa shape index (κ2) is 7.83. The van der Waals surface area contributed by atoms with Crippen LogP contribution in [0.5, 0.6) is 0 Å². The van der Waals surface area contributed by atoms with E-state index in [0.717, 1.165) is 6.42 Å². The number of nitrogens with two attached hydrogens (primary N) is 1. The monoisotopic (exact) mass is 416 g/mol. The predicted octanol–water partition coefficient (Wildman–Crippen LogP) is 1.21. The minimum Gasteiger partial charge on any atom is -0.394 e. The van der Waals surface area contributed by atoms with Gasteiger partial charge in [-0.25, -0.2) is 23.5 Å². The van der Waals surface area contributed by atoms with Crippen molar-refractivity contribution in [2.45, 2.75) is 24.4 Å². The molecule has 2 aromatic heterocycles. The minimum absolute atomic E-state index is 0.0192. The van der Waals surface area contributed by atoms with Crippen molar-refractivity contribution in [3.05, 3.63) is 29.0 Å². The molecule has 0 amide bonds. The summed E-state index contributed by atoms with van der Waals surface area (Å²) in [7, 11) is -3.83. The highest BCUT2D eigenvalue weighted by atomic mass is 79.9. The van der Waals surface area contributed by atoms with E-state index in [-0.39, 0.29) is 17.7 Å². The summed E-state index contributed by atoms with van der Waals surface area (Å²) in [4.78, 5) is 12.2. The minimum atomic E-state index is -3.83. The Morgan fingerprint density at radius 3 is 2.62 bits per heavy atom. The van der Waals surface area contributed by atoms with E-state index >= 15 is 0 Å². The normalized spacial score (nSPS) is 12.7. The molecule has 0 fully saturated rings. The van der Waals surface area contributed by atoms with Gasteiger partial charge in [-0.05, 0) is 34.5 Å². The van der Waals surface area contributed by atoms with Gasteiger partial charge >= 0.3 is 0 Å². The molecule has 24 heavy (non-hydrogen) atoms. The van der Waals surface area contributed by atoms with E-state index in [1.54, 1.807) is 6.20 Å². The predicted molar refractivity (Wildman–Crippen MR) is 93.4 cm³/mol. The molecule has 0 radical (unpaired) electrons. The number of anilines is 3. The number of halogens is 1. The maximum absolute atomic E-state index is 11.2. The molecule has 0 aliphatic heterocycles. The lowest BCUT2D eigenvalue weighted by Gasteiger charge is -2.16. The van der Waals surface area contributed by atoms with Gasteiger partial charge in [0.2, 0.25) is 5.95 Å². The quantitative estimate of drug-likeness (QED) is 0.526. The van der Waals surface area contributed by atoms with Crippen LogP contribution in [-0.2, 0) is 10.0 Å². The molecule has 11 heteroatoms. The highest BCUT2D eigenvalue weighted by Crippen LogP contribution is 2.23. The summed E-state index contributed by atoms with van der Waals surface area (Å²) in [6.07, 6.45) is 3.61. The molecular formula is C13H17BrN6O3S. The third-order valence-electron chi connectivity index (χ3n) is 3.08.